The largest absolute Gasteiger partial charge is 0.494 e. The Morgan fingerprint density at radius 1 is 1.09 bits per heavy atom. The van der Waals surface area contributed by atoms with Gasteiger partial charge < -0.3 is 9.84 Å². The molecular weight excluding hydrogens is 424 g/mol. The predicted molar refractivity (Wildman–Crippen MR) is 126 cm³/mol. The maximum Gasteiger partial charge on any atom is 0.337 e. The number of hydrogen-bond donors (Lipinski definition) is 1. The van der Waals surface area contributed by atoms with Crippen LogP contribution in [-0.4, -0.2) is 27.2 Å². The molecule has 2 heterocycles. The molecule has 0 unspecified atom stereocenters. The molecule has 0 radical (unpaired) electrons. The molecule has 0 aliphatic carbocycles. The number of nitrogens with zero attached hydrogens (tertiary/aromatic N) is 2. The number of rotatable bonds is 9. The van der Waals surface area contributed by atoms with Gasteiger partial charge in [0, 0.05) is 18.3 Å². The summed E-state index contributed by atoms with van der Waals surface area (Å²) in [5, 5.41) is 11.2. The molecule has 0 saturated heterocycles. The van der Waals surface area contributed by atoms with Crippen LogP contribution in [-0.2, 0) is 13.0 Å². The zero-order valence-electron chi connectivity index (χ0n) is 17.8. The van der Waals surface area contributed by atoms with Crippen molar-refractivity contribution in [3.05, 3.63) is 92.8 Å². The van der Waals surface area contributed by atoms with E-state index in [9.17, 15) is 14.7 Å². The molecule has 0 amide bonds. The second kappa shape index (κ2) is 9.78. The lowest BCUT2D eigenvalue weighted by Gasteiger charge is -2.13. The van der Waals surface area contributed by atoms with Crippen LogP contribution in [0.25, 0.3) is 10.2 Å². The number of carbonyl (C=O) groups is 1. The summed E-state index contributed by atoms with van der Waals surface area (Å²) in [6, 6.07) is 17.7. The number of aromatic carboxylic acids is 1. The molecule has 0 aliphatic heterocycles. The molecule has 0 fully saturated rings. The summed E-state index contributed by atoms with van der Waals surface area (Å²) in [7, 11) is 0. The highest BCUT2D eigenvalue weighted by atomic mass is 32.1. The molecule has 4 rings (SSSR count). The van der Waals surface area contributed by atoms with Crippen molar-refractivity contribution >= 4 is 27.5 Å². The smallest absolute Gasteiger partial charge is 0.337 e. The number of fused-ring (bicyclic) bond motifs is 1. The maximum absolute atomic E-state index is 13.3. The van der Waals surface area contributed by atoms with Crippen molar-refractivity contribution < 1.29 is 14.6 Å². The maximum atomic E-state index is 13.3. The first-order chi connectivity index (χ1) is 15.5. The fourth-order valence-electron chi connectivity index (χ4n) is 3.56. The number of carboxylic acid groups (broad SMARTS) is 1. The van der Waals surface area contributed by atoms with E-state index in [1.54, 1.807) is 4.57 Å². The van der Waals surface area contributed by atoms with Crippen LogP contribution in [0.2, 0.25) is 0 Å². The second-order valence-electron chi connectivity index (χ2n) is 7.65. The Morgan fingerprint density at radius 3 is 2.56 bits per heavy atom. The lowest BCUT2D eigenvalue weighted by Crippen LogP contribution is -2.26. The average Bonchev–Trinajstić information content (AvgIpc) is 3.22. The van der Waals surface area contributed by atoms with Gasteiger partial charge in [-0.25, -0.2) is 9.78 Å². The van der Waals surface area contributed by atoms with E-state index in [2.05, 4.69) is 4.98 Å². The fourth-order valence-corrected chi connectivity index (χ4v) is 4.49. The third kappa shape index (κ3) is 4.89. The first kappa shape index (κ1) is 21.8. The molecule has 32 heavy (non-hydrogen) atoms. The number of aromatic nitrogens is 2. The summed E-state index contributed by atoms with van der Waals surface area (Å²) >= 11 is 1.20. The standard InChI is InChI=1S/C25H24N2O4S/c1-17-9-11-19(12-10-17)31-14-6-5-13-27-21(15-18-7-3-2-4-8-18)26-23-22(24(27)28)20(16-32-23)25(29)30/h2-4,7-12,16H,5-6,13-15H2,1H3,(H,29,30). The minimum Gasteiger partial charge on any atom is -0.494 e. The first-order valence-corrected chi connectivity index (χ1v) is 11.4. The molecule has 0 spiro atoms. The summed E-state index contributed by atoms with van der Waals surface area (Å²) in [6.07, 6.45) is 1.98. The minimum absolute atomic E-state index is 0.0187. The van der Waals surface area contributed by atoms with Gasteiger partial charge in [-0.05, 0) is 37.5 Å². The monoisotopic (exact) mass is 448 g/mol. The normalized spacial score (nSPS) is 11.0. The molecule has 0 bridgehead atoms. The highest BCUT2D eigenvalue weighted by Gasteiger charge is 2.19. The average molecular weight is 449 g/mol. The molecule has 0 atom stereocenters. The van der Waals surface area contributed by atoms with E-state index in [0.29, 0.717) is 36.6 Å². The fraction of sp³-hybridized carbons (Fsp3) is 0.240. The number of ether oxygens (including phenoxy) is 1. The van der Waals surface area contributed by atoms with E-state index in [4.69, 9.17) is 4.74 Å². The predicted octanol–water partition coefficient (Wildman–Crippen LogP) is 4.91. The molecule has 0 saturated carbocycles. The number of benzene rings is 2. The molecule has 4 aromatic rings. The summed E-state index contributed by atoms with van der Waals surface area (Å²) in [5.74, 6) is 0.362. The van der Waals surface area contributed by atoms with Crippen molar-refractivity contribution in [2.24, 2.45) is 0 Å². The number of thiophene rings is 1. The van der Waals surface area contributed by atoms with E-state index in [-0.39, 0.29) is 16.5 Å². The quantitative estimate of drug-likeness (QED) is 0.368. The third-order valence-corrected chi connectivity index (χ3v) is 6.15. The van der Waals surface area contributed by atoms with Crippen LogP contribution < -0.4 is 10.3 Å². The number of unbranched alkanes of at least 4 members (excludes halogenated alkanes) is 1. The third-order valence-electron chi connectivity index (χ3n) is 5.27. The summed E-state index contributed by atoms with van der Waals surface area (Å²) in [4.78, 5) is 30.0. The van der Waals surface area contributed by atoms with Gasteiger partial charge in [0.2, 0.25) is 0 Å². The van der Waals surface area contributed by atoms with Crippen molar-refractivity contribution in [3.8, 4) is 5.75 Å². The Labute approximate surface area is 189 Å². The SMILES string of the molecule is Cc1ccc(OCCCCn2c(Cc3ccccc3)nc3scc(C(=O)O)c3c2=O)cc1. The zero-order valence-corrected chi connectivity index (χ0v) is 18.6. The van der Waals surface area contributed by atoms with E-state index >= 15 is 0 Å². The van der Waals surface area contributed by atoms with Crippen molar-refractivity contribution in [3.63, 3.8) is 0 Å². The van der Waals surface area contributed by atoms with Crippen molar-refractivity contribution in [2.45, 2.75) is 32.7 Å². The highest BCUT2D eigenvalue weighted by Crippen LogP contribution is 2.23. The van der Waals surface area contributed by atoms with Crippen molar-refractivity contribution in [2.75, 3.05) is 6.61 Å². The van der Waals surface area contributed by atoms with Gasteiger partial charge in [0.25, 0.3) is 5.56 Å². The van der Waals surface area contributed by atoms with Gasteiger partial charge >= 0.3 is 5.97 Å². The topological polar surface area (TPSA) is 81.4 Å². The van der Waals surface area contributed by atoms with E-state index < -0.39 is 5.97 Å². The molecule has 7 heteroatoms. The Kier molecular flexibility index (Phi) is 6.66. The van der Waals surface area contributed by atoms with Gasteiger partial charge in [0.15, 0.2) is 0 Å². The van der Waals surface area contributed by atoms with Gasteiger partial charge in [-0.1, -0.05) is 48.0 Å². The first-order valence-electron chi connectivity index (χ1n) is 10.5. The van der Waals surface area contributed by atoms with Crippen molar-refractivity contribution in [1.29, 1.82) is 0 Å². The molecule has 2 aromatic heterocycles. The van der Waals surface area contributed by atoms with Crippen LogP contribution in [0, 0.1) is 6.92 Å². The minimum atomic E-state index is -1.11. The van der Waals surface area contributed by atoms with Crippen LogP contribution in [0.3, 0.4) is 0 Å². The van der Waals surface area contributed by atoms with Gasteiger partial charge in [0.05, 0.1) is 17.6 Å². The molecule has 6 nitrogen and oxygen atoms in total. The number of carboxylic acids is 1. The second-order valence-corrected chi connectivity index (χ2v) is 8.51. The van der Waals surface area contributed by atoms with Crippen LogP contribution in [0.1, 0.15) is 40.2 Å². The van der Waals surface area contributed by atoms with Gasteiger partial charge in [0.1, 0.15) is 16.4 Å². The van der Waals surface area contributed by atoms with Crippen LogP contribution >= 0.6 is 11.3 Å². The molecule has 164 valence electrons. The number of aryl methyl sites for hydroxylation is 1. The van der Waals surface area contributed by atoms with Crippen LogP contribution in [0.5, 0.6) is 5.75 Å². The van der Waals surface area contributed by atoms with Gasteiger partial charge in [-0.15, -0.1) is 11.3 Å². The lowest BCUT2D eigenvalue weighted by molar-refractivity contribution is 0.0699. The van der Waals surface area contributed by atoms with Gasteiger partial charge in [-0.2, -0.15) is 0 Å². The van der Waals surface area contributed by atoms with E-state index in [0.717, 1.165) is 17.7 Å². The Morgan fingerprint density at radius 2 is 1.84 bits per heavy atom. The molecular formula is C25H24N2O4S. The Bertz CT molecular complexity index is 1280. The molecule has 2 aromatic carbocycles. The van der Waals surface area contributed by atoms with Crippen LogP contribution in [0.4, 0.5) is 0 Å². The Balaban J connectivity index is 1.54. The summed E-state index contributed by atoms with van der Waals surface area (Å²) in [5.41, 5.74) is 1.95. The highest BCUT2D eigenvalue weighted by molar-refractivity contribution is 7.17. The zero-order chi connectivity index (χ0) is 22.5. The Hall–Kier alpha value is -3.45. The van der Waals surface area contributed by atoms with Gasteiger partial charge in [-0.3, -0.25) is 9.36 Å². The lowest BCUT2D eigenvalue weighted by atomic mass is 10.1. The molecule has 0 aliphatic rings. The summed E-state index contributed by atoms with van der Waals surface area (Å²) in [6.45, 7) is 3.03. The van der Waals surface area contributed by atoms with E-state index in [1.165, 1.54) is 22.3 Å². The van der Waals surface area contributed by atoms with E-state index in [1.807, 2.05) is 61.5 Å². The van der Waals surface area contributed by atoms with Crippen molar-refractivity contribution in [1.82, 2.24) is 9.55 Å². The number of hydrogen-bond acceptors (Lipinski definition) is 5. The molecule has 1 N–H and O–H groups in total. The summed E-state index contributed by atoms with van der Waals surface area (Å²) < 4.78 is 7.41. The van der Waals surface area contributed by atoms with Crippen LogP contribution in [0.15, 0.2) is 64.8 Å².